The highest BCUT2D eigenvalue weighted by Crippen LogP contribution is 2.23. The summed E-state index contributed by atoms with van der Waals surface area (Å²) < 4.78 is 11.2. The third kappa shape index (κ3) is 3.43. The zero-order valence-electron chi connectivity index (χ0n) is 14.4. The van der Waals surface area contributed by atoms with Gasteiger partial charge in [0.15, 0.2) is 0 Å². The Balaban J connectivity index is 1.43. The topological polar surface area (TPSA) is 88.8 Å². The molecule has 0 spiro atoms. The molecular formula is C16H24N4O4. The maximum absolute atomic E-state index is 12.5. The smallest absolute Gasteiger partial charge is 0.245 e. The summed E-state index contributed by atoms with van der Waals surface area (Å²) in [4.78, 5) is 27.5. The number of rotatable bonds is 5. The van der Waals surface area contributed by atoms with Crippen LogP contribution in [0.4, 0.5) is 0 Å². The molecule has 1 aromatic rings. The van der Waals surface area contributed by atoms with Gasteiger partial charge in [-0.05, 0) is 12.8 Å². The lowest BCUT2D eigenvalue weighted by Crippen LogP contribution is -2.59. The van der Waals surface area contributed by atoms with Gasteiger partial charge in [0.2, 0.25) is 23.6 Å². The fourth-order valence-corrected chi connectivity index (χ4v) is 3.08. The molecule has 24 heavy (non-hydrogen) atoms. The molecule has 1 atom stereocenters. The molecular weight excluding hydrogens is 312 g/mol. The van der Waals surface area contributed by atoms with E-state index < -0.39 is 0 Å². The lowest BCUT2D eigenvalue weighted by Gasteiger charge is -2.41. The first-order chi connectivity index (χ1) is 11.5. The zero-order chi connectivity index (χ0) is 17.3. The van der Waals surface area contributed by atoms with E-state index in [1.807, 2.05) is 13.8 Å². The average molecular weight is 336 g/mol. The number of hydrogen-bond acceptors (Lipinski definition) is 6. The highest BCUT2D eigenvalue weighted by molar-refractivity contribution is 5.88. The van der Waals surface area contributed by atoms with Crippen molar-refractivity contribution in [3.63, 3.8) is 0 Å². The maximum atomic E-state index is 12.5. The first-order valence-corrected chi connectivity index (χ1v) is 8.45. The molecule has 1 aromatic heterocycles. The third-order valence-electron chi connectivity index (χ3n) is 4.52. The minimum Gasteiger partial charge on any atom is -0.422 e. The molecule has 2 fully saturated rings. The Bertz CT molecular complexity index is 609. The van der Waals surface area contributed by atoms with Crippen LogP contribution in [-0.4, -0.2) is 63.6 Å². The Morgan fingerprint density at radius 1 is 1.33 bits per heavy atom. The summed E-state index contributed by atoms with van der Waals surface area (Å²) in [6.45, 7) is 7.52. The molecule has 8 heteroatoms. The van der Waals surface area contributed by atoms with Crippen LogP contribution in [0.1, 0.15) is 51.3 Å². The number of amides is 2. The fourth-order valence-electron chi connectivity index (χ4n) is 3.08. The van der Waals surface area contributed by atoms with Crippen molar-refractivity contribution >= 4 is 11.8 Å². The Morgan fingerprint density at radius 3 is 2.71 bits per heavy atom. The molecule has 0 bridgehead atoms. The van der Waals surface area contributed by atoms with Crippen molar-refractivity contribution in [2.75, 3.05) is 19.6 Å². The third-order valence-corrected chi connectivity index (χ3v) is 4.52. The summed E-state index contributed by atoms with van der Waals surface area (Å²) in [5.74, 6) is 1.25. The van der Waals surface area contributed by atoms with Gasteiger partial charge in [0, 0.05) is 32.5 Å². The Hall–Kier alpha value is -1.96. The van der Waals surface area contributed by atoms with Gasteiger partial charge in [-0.15, -0.1) is 10.2 Å². The summed E-state index contributed by atoms with van der Waals surface area (Å²) in [5.41, 5.74) is 0. The molecule has 0 aliphatic carbocycles. The molecule has 2 aliphatic rings. The number of hydrogen-bond donors (Lipinski definition) is 0. The highest BCUT2D eigenvalue weighted by atomic mass is 16.5. The molecule has 0 N–H and O–H groups in total. The SMILES string of the molecule is CC(=O)N1CCCC1C(=O)N1CC(OCc2nnc(C(C)C)o2)C1. The van der Waals surface area contributed by atoms with E-state index in [1.165, 1.54) is 6.92 Å². The first-order valence-electron chi connectivity index (χ1n) is 8.45. The maximum Gasteiger partial charge on any atom is 0.245 e. The molecule has 2 saturated heterocycles. The standard InChI is InChI=1S/C16H24N4O4/c1-10(2)15-18-17-14(24-15)9-23-12-7-19(8-12)16(22)13-5-4-6-20(13)11(3)21/h10,12-13H,4-9H2,1-3H3. The second-order valence-corrected chi connectivity index (χ2v) is 6.74. The average Bonchev–Trinajstić information content (AvgIpc) is 3.14. The van der Waals surface area contributed by atoms with E-state index in [1.54, 1.807) is 9.80 Å². The van der Waals surface area contributed by atoms with Crippen molar-refractivity contribution in [1.29, 1.82) is 0 Å². The van der Waals surface area contributed by atoms with E-state index in [0.29, 0.717) is 31.4 Å². The molecule has 2 aliphatic heterocycles. The Labute approximate surface area is 141 Å². The van der Waals surface area contributed by atoms with Gasteiger partial charge in [-0.3, -0.25) is 9.59 Å². The van der Waals surface area contributed by atoms with Gasteiger partial charge in [-0.1, -0.05) is 13.8 Å². The van der Waals surface area contributed by atoms with Gasteiger partial charge < -0.3 is 19.0 Å². The van der Waals surface area contributed by atoms with Crippen molar-refractivity contribution in [1.82, 2.24) is 20.0 Å². The molecule has 8 nitrogen and oxygen atoms in total. The molecule has 0 aromatic carbocycles. The van der Waals surface area contributed by atoms with Crippen molar-refractivity contribution in [3.05, 3.63) is 11.8 Å². The van der Waals surface area contributed by atoms with Crippen LogP contribution in [0.25, 0.3) is 0 Å². The lowest BCUT2D eigenvalue weighted by molar-refractivity contribution is -0.154. The van der Waals surface area contributed by atoms with E-state index in [-0.39, 0.29) is 36.5 Å². The molecule has 1 unspecified atom stereocenters. The number of nitrogens with zero attached hydrogens (tertiary/aromatic N) is 4. The first kappa shape index (κ1) is 16.9. The number of carbonyl (C=O) groups excluding carboxylic acids is 2. The van der Waals surface area contributed by atoms with Gasteiger partial charge in [0.25, 0.3) is 0 Å². The predicted octanol–water partition coefficient (Wildman–Crippen LogP) is 0.931. The molecule has 2 amide bonds. The molecule has 0 saturated carbocycles. The number of likely N-dealkylation sites (tertiary alicyclic amines) is 2. The van der Waals surface area contributed by atoms with Crippen LogP contribution >= 0.6 is 0 Å². The molecule has 3 rings (SSSR count). The minimum absolute atomic E-state index is 0.0180. The summed E-state index contributed by atoms with van der Waals surface area (Å²) in [6.07, 6.45) is 1.62. The van der Waals surface area contributed by atoms with E-state index in [9.17, 15) is 9.59 Å². The van der Waals surface area contributed by atoms with Gasteiger partial charge in [0.1, 0.15) is 12.6 Å². The fraction of sp³-hybridized carbons (Fsp3) is 0.750. The van der Waals surface area contributed by atoms with E-state index >= 15 is 0 Å². The highest BCUT2D eigenvalue weighted by Gasteiger charge is 2.40. The van der Waals surface area contributed by atoms with Crippen LogP contribution in [0.3, 0.4) is 0 Å². The van der Waals surface area contributed by atoms with Gasteiger partial charge in [-0.25, -0.2) is 0 Å². The van der Waals surface area contributed by atoms with Crippen LogP contribution in [0.5, 0.6) is 0 Å². The zero-order valence-corrected chi connectivity index (χ0v) is 14.4. The van der Waals surface area contributed by atoms with Gasteiger partial charge >= 0.3 is 0 Å². The Morgan fingerprint density at radius 2 is 2.08 bits per heavy atom. The normalized spacial score (nSPS) is 21.4. The van der Waals surface area contributed by atoms with Crippen LogP contribution < -0.4 is 0 Å². The van der Waals surface area contributed by atoms with Crippen molar-refractivity contribution < 1.29 is 18.7 Å². The van der Waals surface area contributed by atoms with Crippen LogP contribution in [0, 0.1) is 0 Å². The van der Waals surface area contributed by atoms with Crippen molar-refractivity contribution in [2.45, 2.75) is 58.3 Å². The summed E-state index contributed by atoms with van der Waals surface area (Å²) >= 11 is 0. The predicted molar refractivity (Wildman–Crippen MR) is 84.0 cm³/mol. The van der Waals surface area contributed by atoms with E-state index in [4.69, 9.17) is 9.15 Å². The molecule has 132 valence electrons. The largest absolute Gasteiger partial charge is 0.422 e. The minimum atomic E-state index is -0.298. The van der Waals surface area contributed by atoms with E-state index in [2.05, 4.69) is 10.2 Å². The Kier molecular flexibility index (Phi) is 4.84. The van der Waals surface area contributed by atoms with Crippen LogP contribution in [0.15, 0.2) is 4.42 Å². The van der Waals surface area contributed by atoms with Gasteiger partial charge in [-0.2, -0.15) is 0 Å². The second-order valence-electron chi connectivity index (χ2n) is 6.74. The second kappa shape index (κ2) is 6.88. The van der Waals surface area contributed by atoms with Crippen LogP contribution in [0.2, 0.25) is 0 Å². The monoisotopic (exact) mass is 336 g/mol. The number of carbonyl (C=O) groups is 2. The van der Waals surface area contributed by atoms with Crippen molar-refractivity contribution in [2.24, 2.45) is 0 Å². The summed E-state index contributed by atoms with van der Waals surface area (Å²) in [6, 6.07) is -0.298. The summed E-state index contributed by atoms with van der Waals surface area (Å²) in [5, 5.41) is 7.91. The van der Waals surface area contributed by atoms with Crippen molar-refractivity contribution in [3.8, 4) is 0 Å². The quantitative estimate of drug-likeness (QED) is 0.795. The lowest BCUT2D eigenvalue weighted by atomic mass is 10.1. The number of aromatic nitrogens is 2. The summed E-state index contributed by atoms with van der Waals surface area (Å²) in [7, 11) is 0. The number of ether oxygens (including phenoxy) is 1. The van der Waals surface area contributed by atoms with Gasteiger partial charge in [0.05, 0.1) is 6.10 Å². The molecule has 3 heterocycles. The van der Waals surface area contributed by atoms with E-state index in [0.717, 1.165) is 12.8 Å². The molecule has 0 radical (unpaired) electrons. The van der Waals surface area contributed by atoms with Crippen LogP contribution in [-0.2, 0) is 20.9 Å².